The summed E-state index contributed by atoms with van der Waals surface area (Å²) >= 11 is 5.89. The lowest BCUT2D eigenvalue weighted by Crippen LogP contribution is -2.23. The number of halogens is 4. The van der Waals surface area contributed by atoms with E-state index in [9.17, 15) is 23.3 Å². The highest BCUT2D eigenvalue weighted by molar-refractivity contribution is 6.32. The summed E-state index contributed by atoms with van der Waals surface area (Å²) < 4.78 is 49.4. The van der Waals surface area contributed by atoms with Gasteiger partial charge in [-0.25, -0.2) is 0 Å². The number of nitro benzene ring substituents is 1. The molecule has 0 aliphatic rings. The van der Waals surface area contributed by atoms with Gasteiger partial charge < -0.3 is 14.8 Å². The zero-order valence-electron chi connectivity index (χ0n) is 15.9. The van der Waals surface area contributed by atoms with Crippen LogP contribution < -0.4 is 10.1 Å². The molecule has 6 nitrogen and oxygen atoms in total. The number of hydrogen-bond acceptors (Lipinski definition) is 5. The first kappa shape index (κ1) is 22.8. The van der Waals surface area contributed by atoms with Crippen LogP contribution in [0.2, 0.25) is 5.02 Å². The standard InChI is InChI=1S/C19H20ClF3N2O4/c1-11(2)28-12(3)10-24-16-9-14(5-6-17(16)25(26)27)29-18-7-4-13(8-15(18)20)19(21,22)23/h4-9,11-12,24H,10H2,1-3H3. The van der Waals surface area contributed by atoms with Crippen molar-refractivity contribution in [3.8, 4) is 11.5 Å². The summed E-state index contributed by atoms with van der Waals surface area (Å²) in [4.78, 5) is 10.7. The first-order chi connectivity index (χ1) is 13.5. The Morgan fingerprint density at radius 3 is 2.41 bits per heavy atom. The molecule has 29 heavy (non-hydrogen) atoms. The molecule has 1 N–H and O–H groups in total. The van der Waals surface area contributed by atoms with Gasteiger partial charge in [0.25, 0.3) is 5.69 Å². The van der Waals surface area contributed by atoms with E-state index in [2.05, 4.69) is 5.32 Å². The van der Waals surface area contributed by atoms with Crippen molar-refractivity contribution in [1.29, 1.82) is 0 Å². The van der Waals surface area contributed by atoms with Crippen molar-refractivity contribution in [3.63, 3.8) is 0 Å². The van der Waals surface area contributed by atoms with Gasteiger partial charge in [0.2, 0.25) is 0 Å². The van der Waals surface area contributed by atoms with E-state index in [-0.39, 0.29) is 40.1 Å². The highest BCUT2D eigenvalue weighted by Crippen LogP contribution is 2.38. The largest absolute Gasteiger partial charge is 0.456 e. The van der Waals surface area contributed by atoms with E-state index in [0.717, 1.165) is 18.2 Å². The highest BCUT2D eigenvalue weighted by Gasteiger charge is 2.31. The Morgan fingerprint density at radius 1 is 1.17 bits per heavy atom. The maximum atomic E-state index is 12.7. The van der Waals surface area contributed by atoms with Crippen molar-refractivity contribution in [2.45, 2.75) is 39.2 Å². The number of ether oxygens (including phenoxy) is 2. The number of nitrogens with zero attached hydrogens (tertiary/aromatic N) is 1. The number of nitrogens with one attached hydrogen (secondary N) is 1. The Morgan fingerprint density at radius 2 is 1.86 bits per heavy atom. The molecule has 158 valence electrons. The molecule has 0 saturated carbocycles. The average Bonchev–Trinajstić information content (AvgIpc) is 2.60. The normalized spacial score (nSPS) is 12.7. The lowest BCUT2D eigenvalue weighted by molar-refractivity contribution is -0.384. The first-order valence-electron chi connectivity index (χ1n) is 8.69. The second-order valence-corrected chi connectivity index (χ2v) is 6.96. The van der Waals surface area contributed by atoms with Gasteiger partial charge in [0, 0.05) is 18.7 Å². The van der Waals surface area contributed by atoms with Crippen molar-refractivity contribution in [2.75, 3.05) is 11.9 Å². The predicted octanol–water partition coefficient (Wildman–Crippen LogP) is 6.28. The molecule has 1 atom stereocenters. The molecule has 0 amide bonds. The number of anilines is 1. The smallest absolute Gasteiger partial charge is 0.416 e. The molecule has 0 spiro atoms. The van der Waals surface area contributed by atoms with Gasteiger partial charge >= 0.3 is 6.18 Å². The minimum atomic E-state index is -4.53. The van der Waals surface area contributed by atoms with Crippen molar-refractivity contribution < 1.29 is 27.6 Å². The quantitative estimate of drug-likeness (QED) is 0.392. The number of alkyl halides is 3. The molecule has 0 radical (unpaired) electrons. The maximum Gasteiger partial charge on any atom is 0.416 e. The monoisotopic (exact) mass is 432 g/mol. The summed E-state index contributed by atoms with van der Waals surface area (Å²) in [5.41, 5.74) is -0.887. The van der Waals surface area contributed by atoms with Gasteiger partial charge in [-0.15, -0.1) is 0 Å². The van der Waals surface area contributed by atoms with Crippen LogP contribution in [0.25, 0.3) is 0 Å². The van der Waals surface area contributed by atoms with Crippen LogP contribution in [0.15, 0.2) is 36.4 Å². The molecule has 0 aliphatic heterocycles. The third-order valence-electron chi connectivity index (χ3n) is 3.74. The van der Waals surface area contributed by atoms with Gasteiger partial charge in [0.05, 0.1) is 27.7 Å². The zero-order valence-corrected chi connectivity index (χ0v) is 16.7. The molecule has 1 unspecified atom stereocenters. The van der Waals surface area contributed by atoms with Crippen molar-refractivity contribution in [2.24, 2.45) is 0 Å². The van der Waals surface area contributed by atoms with Crippen LogP contribution in [0, 0.1) is 10.1 Å². The van der Waals surface area contributed by atoms with E-state index in [1.54, 1.807) is 0 Å². The van der Waals surface area contributed by atoms with Gasteiger partial charge in [-0.2, -0.15) is 13.2 Å². The fourth-order valence-electron chi connectivity index (χ4n) is 2.53. The number of rotatable bonds is 8. The molecular weight excluding hydrogens is 413 g/mol. The topological polar surface area (TPSA) is 73.6 Å². The van der Waals surface area contributed by atoms with E-state index in [4.69, 9.17) is 21.1 Å². The van der Waals surface area contributed by atoms with E-state index < -0.39 is 16.7 Å². The predicted molar refractivity (Wildman–Crippen MR) is 104 cm³/mol. The van der Waals surface area contributed by atoms with Crippen molar-refractivity contribution >= 4 is 23.0 Å². The summed E-state index contributed by atoms with van der Waals surface area (Å²) in [6.45, 7) is 5.88. The Hall–Kier alpha value is -2.52. The molecule has 0 fully saturated rings. The van der Waals surface area contributed by atoms with Gasteiger partial charge in [0.15, 0.2) is 0 Å². The molecule has 0 bridgehead atoms. The fraction of sp³-hybridized carbons (Fsp3) is 0.368. The Balaban J connectivity index is 2.23. The molecule has 0 heterocycles. The summed E-state index contributed by atoms with van der Waals surface area (Å²) in [7, 11) is 0. The molecule has 2 aromatic carbocycles. The second kappa shape index (κ2) is 9.32. The molecule has 2 aromatic rings. The summed E-state index contributed by atoms with van der Waals surface area (Å²) in [5.74, 6) is 0.174. The average molecular weight is 433 g/mol. The molecule has 0 aromatic heterocycles. The van der Waals surface area contributed by atoms with Crippen molar-refractivity contribution in [3.05, 3.63) is 57.1 Å². The third kappa shape index (κ3) is 6.50. The summed E-state index contributed by atoms with van der Waals surface area (Å²) in [5, 5.41) is 14.0. The second-order valence-electron chi connectivity index (χ2n) is 6.56. The van der Waals surface area contributed by atoms with Gasteiger partial charge in [-0.1, -0.05) is 11.6 Å². The van der Waals surface area contributed by atoms with Crippen LogP contribution in [0.4, 0.5) is 24.5 Å². The van der Waals surface area contributed by atoms with Gasteiger partial charge in [-0.3, -0.25) is 10.1 Å². The molecule has 2 rings (SSSR count). The maximum absolute atomic E-state index is 12.7. The van der Waals surface area contributed by atoms with Crippen LogP contribution in [0.1, 0.15) is 26.3 Å². The van der Waals surface area contributed by atoms with Crippen LogP contribution >= 0.6 is 11.6 Å². The van der Waals surface area contributed by atoms with Gasteiger partial charge in [0.1, 0.15) is 17.2 Å². The first-order valence-corrected chi connectivity index (χ1v) is 9.07. The lowest BCUT2D eigenvalue weighted by Gasteiger charge is -2.18. The SMILES string of the molecule is CC(C)OC(C)CNc1cc(Oc2ccc(C(F)(F)F)cc2Cl)ccc1[N+](=O)[O-]. The number of benzene rings is 2. The molecule has 0 saturated heterocycles. The van der Waals surface area contributed by atoms with E-state index >= 15 is 0 Å². The van der Waals surface area contributed by atoms with Crippen LogP contribution in [-0.4, -0.2) is 23.7 Å². The minimum absolute atomic E-state index is 0.00161. The summed E-state index contributed by atoms with van der Waals surface area (Å²) in [6.07, 6.45) is -4.73. The Bertz CT molecular complexity index is 875. The van der Waals surface area contributed by atoms with Crippen LogP contribution in [0.5, 0.6) is 11.5 Å². The van der Waals surface area contributed by atoms with E-state index in [1.165, 1.54) is 18.2 Å². The number of nitro groups is 1. The van der Waals surface area contributed by atoms with E-state index in [0.29, 0.717) is 6.54 Å². The highest BCUT2D eigenvalue weighted by atomic mass is 35.5. The lowest BCUT2D eigenvalue weighted by atomic mass is 10.2. The van der Waals surface area contributed by atoms with E-state index in [1.807, 2.05) is 20.8 Å². The van der Waals surface area contributed by atoms with Crippen LogP contribution in [-0.2, 0) is 10.9 Å². The van der Waals surface area contributed by atoms with Gasteiger partial charge in [-0.05, 0) is 45.0 Å². The molecule has 0 aliphatic carbocycles. The fourth-order valence-corrected chi connectivity index (χ4v) is 2.75. The van der Waals surface area contributed by atoms with Crippen molar-refractivity contribution in [1.82, 2.24) is 0 Å². The minimum Gasteiger partial charge on any atom is -0.456 e. The number of hydrogen-bond donors (Lipinski definition) is 1. The zero-order chi connectivity index (χ0) is 21.8. The Kier molecular flexibility index (Phi) is 7.32. The molecule has 10 heteroatoms. The third-order valence-corrected chi connectivity index (χ3v) is 4.03. The summed E-state index contributed by atoms with van der Waals surface area (Å²) in [6, 6.07) is 6.66. The Labute approximate surface area is 170 Å². The molecular formula is C19H20ClF3N2O4. The van der Waals surface area contributed by atoms with Crippen LogP contribution in [0.3, 0.4) is 0 Å².